The molecular weight excluding hydrogens is 114 g/mol. The van der Waals surface area contributed by atoms with Crippen molar-refractivity contribution in [1.82, 2.24) is 4.90 Å². The molecule has 48 valence electrons. The first-order chi connectivity index (χ1) is 4.40. The smallest absolute Gasteiger partial charge is 0.210 e. The zero-order chi connectivity index (χ0) is 6.27. The van der Waals surface area contributed by atoms with Crippen LogP contribution in [0.1, 0.15) is 6.42 Å². The standard InChI is InChI=1S/C7H9NO/c9-5-8-4-6-1-2-7(8)3-6/h1-2,5-7H,3-4H2/t6-,7+/m0/s1. The predicted octanol–water partition coefficient (Wildman–Crippen LogP) is 0.403. The van der Waals surface area contributed by atoms with Crippen LogP contribution in [-0.4, -0.2) is 23.9 Å². The molecule has 0 N–H and O–H groups in total. The molecule has 2 nitrogen and oxygen atoms in total. The van der Waals surface area contributed by atoms with Crippen molar-refractivity contribution in [3.63, 3.8) is 0 Å². The number of carbonyl (C=O) groups excluding carboxylic acids is 1. The van der Waals surface area contributed by atoms with Gasteiger partial charge in [-0.15, -0.1) is 0 Å². The van der Waals surface area contributed by atoms with E-state index in [1.165, 1.54) is 6.42 Å². The summed E-state index contributed by atoms with van der Waals surface area (Å²) in [6.07, 6.45) is 6.46. The van der Waals surface area contributed by atoms with Crippen LogP contribution in [0.25, 0.3) is 0 Å². The molecule has 0 aromatic carbocycles. The third-order valence-corrected chi connectivity index (χ3v) is 2.16. The van der Waals surface area contributed by atoms with Crippen molar-refractivity contribution >= 4 is 6.41 Å². The number of fused-ring (bicyclic) bond motifs is 2. The summed E-state index contributed by atoms with van der Waals surface area (Å²) in [7, 11) is 0. The van der Waals surface area contributed by atoms with Crippen LogP contribution in [0.3, 0.4) is 0 Å². The number of nitrogens with zero attached hydrogens (tertiary/aromatic N) is 1. The summed E-state index contributed by atoms with van der Waals surface area (Å²) in [4.78, 5) is 12.2. The molecule has 0 aromatic rings. The first-order valence-electron chi connectivity index (χ1n) is 3.29. The van der Waals surface area contributed by atoms with Crippen molar-refractivity contribution in [2.24, 2.45) is 5.92 Å². The van der Waals surface area contributed by atoms with Crippen molar-refractivity contribution in [3.05, 3.63) is 12.2 Å². The molecule has 1 saturated heterocycles. The average molecular weight is 123 g/mol. The van der Waals surface area contributed by atoms with Gasteiger partial charge in [0, 0.05) is 6.54 Å². The Morgan fingerprint density at radius 3 is 2.78 bits per heavy atom. The van der Waals surface area contributed by atoms with E-state index in [-0.39, 0.29) is 0 Å². The molecule has 1 amide bonds. The number of amides is 1. The zero-order valence-electron chi connectivity index (χ0n) is 5.16. The highest BCUT2D eigenvalue weighted by Gasteiger charge is 2.32. The molecule has 0 aromatic heterocycles. The fraction of sp³-hybridized carbons (Fsp3) is 0.571. The topological polar surface area (TPSA) is 20.3 Å². The molecule has 2 bridgehead atoms. The molecule has 1 fully saturated rings. The Morgan fingerprint density at radius 2 is 2.44 bits per heavy atom. The minimum absolute atomic E-state index is 0.437. The lowest BCUT2D eigenvalue weighted by molar-refractivity contribution is -0.118. The summed E-state index contributed by atoms with van der Waals surface area (Å²) in [5.74, 6) is 0.667. The van der Waals surface area contributed by atoms with E-state index in [9.17, 15) is 4.79 Å². The first kappa shape index (κ1) is 5.03. The van der Waals surface area contributed by atoms with E-state index in [0.717, 1.165) is 13.0 Å². The van der Waals surface area contributed by atoms with E-state index in [4.69, 9.17) is 0 Å². The average Bonchev–Trinajstić information content (AvgIpc) is 2.45. The molecule has 0 saturated carbocycles. The van der Waals surface area contributed by atoms with Crippen molar-refractivity contribution in [1.29, 1.82) is 0 Å². The molecule has 1 aliphatic heterocycles. The van der Waals surface area contributed by atoms with E-state index >= 15 is 0 Å². The Bertz CT molecular complexity index is 164. The molecule has 0 unspecified atom stereocenters. The molecule has 0 spiro atoms. The minimum Gasteiger partial charge on any atom is -0.338 e. The summed E-state index contributed by atoms with van der Waals surface area (Å²) in [6.45, 7) is 0.949. The van der Waals surface area contributed by atoms with Crippen LogP contribution in [0.4, 0.5) is 0 Å². The maximum atomic E-state index is 10.3. The van der Waals surface area contributed by atoms with Crippen LogP contribution < -0.4 is 0 Å². The second-order valence-corrected chi connectivity index (χ2v) is 2.75. The Morgan fingerprint density at radius 1 is 1.56 bits per heavy atom. The van der Waals surface area contributed by atoms with Crippen LogP contribution in [-0.2, 0) is 4.79 Å². The Balaban J connectivity index is 2.19. The maximum absolute atomic E-state index is 10.3. The second kappa shape index (κ2) is 1.59. The summed E-state index contributed by atoms with van der Waals surface area (Å²) in [5, 5.41) is 0. The highest BCUT2D eigenvalue weighted by atomic mass is 16.1. The SMILES string of the molecule is O=CN1C[C@H]2C=C[C@@H]1C2. The number of hydrogen-bond donors (Lipinski definition) is 0. The quantitative estimate of drug-likeness (QED) is 0.365. The third-order valence-electron chi connectivity index (χ3n) is 2.16. The minimum atomic E-state index is 0.437. The lowest BCUT2D eigenvalue weighted by Crippen LogP contribution is -2.27. The van der Waals surface area contributed by atoms with Crippen molar-refractivity contribution < 1.29 is 4.79 Å². The van der Waals surface area contributed by atoms with Gasteiger partial charge in [-0.2, -0.15) is 0 Å². The van der Waals surface area contributed by atoms with E-state index in [1.54, 1.807) is 0 Å². The Labute approximate surface area is 54.1 Å². The van der Waals surface area contributed by atoms with Crippen LogP contribution >= 0.6 is 0 Å². The van der Waals surface area contributed by atoms with Crippen LogP contribution in [0, 0.1) is 5.92 Å². The molecular formula is C7H9NO. The van der Waals surface area contributed by atoms with Gasteiger partial charge in [0.25, 0.3) is 0 Å². The normalized spacial score (nSPS) is 38.0. The monoisotopic (exact) mass is 123 g/mol. The van der Waals surface area contributed by atoms with E-state index in [1.807, 2.05) is 4.90 Å². The van der Waals surface area contributed by atoms with Crippen LogP contribution in [0.5, 0.6) is 0 Å². The highest BCUT2D eigenvalue weighted by molar-refractivity contribution is 5.50. The summed E-state index contributed by atoms with van der Waals surface area (Å²) in [5.41, 5.74) is 0. The van der Waals surface area contributed by atoms with E-state index in [0.29, 0.717) is 12.0 Å². The number of carbonyl (C=O) groups is 1. The maximum Gasteiger partial charge on any atom is 0.210 e. The highest BCUT2D eigenvalue weighted by Crippen LogP contribution is 2.29. The number of rotatable bonds is 1. The van der Waals surface area contributed by atoms with Gasteiger partial charge in [0.1, 0.15) is 0 Å². The molecule has 2 rings (SSSR count). The third kappa shape index (κ3) is 0.590. The predicted molar refractivity (Wildman–Crippen MR) is 33.8 cm³/mol. The fourth-order valence-corrected chi connectivity index (χ4v) is 1.66. The van der Waals surface area contributed by atoms with E-state index < -0.39 is 0 Å². The summed E-state index contributed by atoms with van der Waals surface area (Å²) in [6, 6.07) is 0.437. The summed E-state index contributed by atoms with van der Waals surface area (Å²) < 4.78 is 0. The molecule has 0 radical (unpaired) electrons. The van der Waals surface area contributed by atoms with Crippen molar-refractivity contribution in [3.8, 4) is 0 Å². The number of likely N-dealkylation sites (tertiary alicyclic amines) is 1. The van der Waals surface area contributed by atoms with Gasteiger partial charge in [0.2, 0.25) is 6.41 Å². The van der Waals surface area contributed by atoms with Gasteiger partial charge in [0.15, 0.2) is 0 Å². The fourth-order valence-electron chi connectivity index (χ4n) is 1.66. The van der Waals surface area contributed by atoms with Gasteiger partial charge in [-0.05, 0) is 12.3 Å². The molecule has 1 heterocycles. The first-order valence-corrected chi connectivity index (χ1v) is 3.29. The van der Waals surface area contributed by atoms with Crippen LogP contribution in [0.15, 0.2) is 12.2 Å². The largest absolute Gasteiger partial charge is 0.338 e. The lowest BCUT2D eigenvalue weighted by Gasteiger charge is -2.17. The molecule has 2 atom stereocenters. The van der Waals surface area contributed by atoms with Gasteiger partial charge in [-0.3, -0.25) is 4.79 Å². The van der Waals surface area contributed by atoms with Gasteiger partial charge in [-0.1, -0.05) is 12.2 Å². The second-order valence-electron chi connectivity index (χ2n) is 2.75. The molecule has 9 heavy (non-hydrogen) atoms. The van der Waals surface area contributed by atoms with E-state index in [2.05, 4.69) is 12.2 Å². The zero-order valence-corrected chi connectivity index (χ0v) is 5.16. The molecule has 1 aliphatic carbocycles. The van der Waals surface area contributed by atoms with Crippen LogP contribution in [0.2, 0.25) is 0 Å². The lowest BCUT2D eigenvalue weighted by atomic mass is 10.2. The van der Waals surface area contributed by atoms with Gasteiger partial charge in [-0.25, -0.2) is 0 Å². The molecule has 2 heteroatoms. The van der Waals surface area contributed by atoms with Gasteiger partial charge in [0.05, 0.1) is 6.04 Å². The molecule has 2 aliphatic rings. The number of hydrogen-bond acceptors (Lipinski definition) is 1. The van der Waals surface area contributed by atoms with Gasteiger partial charge < -0.3 is 4.90 Å². The van der Waals surface area contributed by atoms with Crippen molar-refractivity contribution in [2.75, 3.05) is 6.54 Å². The summed E-state index contributed by atoms with van der Waals surface area (Å²) >= 11 is 0. The Kier molecular flexibility index (Phi) is 0.891. The van der Waals surface area contributed by atoms with Gasteiger partial charge >= 0.3 is 0 Å². The Hall–Kier alpha value is -0.790. The van der Waals surface area contributed by atoms with Crippen molar-refractivity contribution in [2.45, 2.75) is 12.5 Å².